The predicted octanol–water partition coefficient (Wildman–Crippen LogP) is 2.27. The average Bonchev–Trinajstić information content (AvgIpc) is 2.95. The summed E-state index contributed by atoms with van der Waals surface area (Å²) in [7, 11) is 3.65. The van der Waals surface area contributed by atoms with Crippen LogP contribution in [0.4, 0.5) is 0 Å². The van der Waals surface area contributed by atoms with Gasteiger partial charge in [-0.2, -0.15) is 0 Å². The van der Waals surface area contributed by atoms with Gasteiger partial charge in [-0.25, -0.2) is 0 Å². The van der Waals surface area contributed by atoms with Crippen molar-refractivity contribution < 1.29 is 4.79 Å². The first-order chi connectivity index (χ1) is 8.58. The minimum Gasteiger partial charge on any atom is -0.349 e. The van der Waals surface area contributed by atoms with Crippen LogP contribution in [0.15, 0.2) is 0 Å². The molecule has 0 spiro atoms. The molecule has 2 rings (SSSR count). The van der Waals surface area contributed by atoms with Crippen molar-refractivity contribution in [2.24, 2.45) is 17.8 Å². The topological polar surface area (TPSA) is 32.3 Å². The van der Waals surface area contributed by atoms with E-state index in [1.54, 1.807) is 4.90 Å². The van der Waals surface area contributed by atoms with Crippen molar-refractivity contribution >= 4 is 5.91 Å². The maximum absolute atomic E-state index is 11.4. The van der Waals surface area contributed by atoms with Crippen molar-refractivity contribution in [2.75, 3.05) is 20.6 Å². The minimum atomic E-state index is 0.240. The third-order valence-electron chi connectivity index (χ3n) is 4.97. The highest BCUT2D eigenvalue weighted by Crippen LogP contribution is 2.49. The van der Waals surface area contributed by atoms with Gasteiger partial charge < -0.3 is 10.2 Å². The molecule has 0 aromatic carbocycles. The van der Waals surface area contributed by atoms with Crippen LogP contribution in [0.3, 0.4) is 0 Å². The van der Waals surface area contributed by atoms with Crippen molar-refractivity contribution in [3.63, 3.8) is 0 Å². The molecule has 2 aliphatic carbocycles. The molecule has 104 valence electrons. The van der Waals surface area contributed by atoms with E-state index in [-0.39, 0.29) is 5.91 Å². The summed E-state index contributed by atoms with van der Waals surface area (Å²) in [5, 5.41) is 3.63. The largest absolute Gasteiger partial charge is 0.349 e. The fraction of sp³-hybridized carbons (Fsp3) is 0.933. The first kappa shape index (κ1) is 13.9. The molecule has 3 heteroatoms. The van der Waals surface area contributed by atoms with Gasteiger partial charge in [0.2, 0.25) is 5.91 Å². The lowest BCUT2D eigenvalue weighted by Crippen LogP contribution is -2.37. The summed E-state index contributed by atoms with van der Waals surface area (Å²) in [6.07, 6.45) is 7.49. The van der Waals surface area contributed by atoms with Gasteiger partial charge >= 0.3 is 0 Å². The van der Waals surface area contributed by atoms with Crippen molar-refractivity contribution in [3.8, 4) is 0 Å². The molecule has 4 atom stereocenters. The zero-order chi connectivity index (χ0) is 13.1. The van der Waals surface area contributed by atoms with Crippen LogP contribution in [-0.4, -0.2) is 37.5 Å². The molecule has 2 aliphatic rings. The van der Waals surface area contributed by atoms with E-state index < -0.39 is 0 Å². The molecule has 0 aliphatic heterocycles. The Labute approximate surface area is 111 Å². The third kappa shape index (κ3) is 3.25. The maximum Gasteiger partial charge on any atom is 0.222 e. The molecule has 1 N–H and O–H groups in total. The fourth-order valence-corrected chi connectivity index (χ4v) is 3.85. The number of fused-ring (bicyclic) bond motifs is 2. The smallest absolute Gasteiger partial charge is 0.222 e. The molecule has 3 nitrogen and oxygen atoms in total. The molecular weight excluding hydrogens is 224 g/mol. The first-order valence-corrected chi connectivity index (χ1v) is 7.51. The van der Waals surface area contributed by atoms with Gasteiger partial charge in [0, 0.05) is 26.6 Å². The fourth-order valence-electron chi connectivity index (χ4n) is 3.85. The number of nitrogens with zero attached hydrogens (tertiary/aromatic N) is 1. The van der Waals surface area contributed by atoms with Crippen molar-refractivity contribution in [1.82, 2.24) is 10.2 Å². The molecule has 4 unspecified atom stereocenters. The number of amides is 1. The lowest BCUT2D eigenvalue weighted by molar-refractivity contribution is -0.128. The Bertz CT molecular complexity index is 290. The summed E-state index contributed by atoms with van der Waals surface area (Å²) in [5.74, 6) is 3.15. The number of hydrogen-bond donors (Lipinski definition) is 1. The highest BCUT2D eigenvalue weighted by atomic mass is 16.2. The summed E-state index contributed by atoms with van der Waals surface area (Å²) in [4.78, 5) is 13.1. The molecule has 0 heterocycles. The standard InChI is InChI=1S/C15H28N2O/c1-11(14-10-12-6-7-13(14)9-12)16-8-4-5-15(18)17(2)3/h11-14,16H,4-10H2,1-3H3. The molecule has 0 saturated heterocycles. The van der Waals surface area contributed by atoms with Gasteiger partial charge in [-0.05, 0) is 56.9 Å². The van der Waals surface area contributed by atoms with Crippen LogP contribution >= 0.6 is 0 Å². The number of carbonyl (C=O) groups excluding carboxylic acids is 1. The Hall–Kier alpha value is -0.570. The second-order valence-electron chi connectivity index (χ2n) is 6.47. The first-order valence-electron chi connectivity index (χ1n) is 7.51. The number of nitrogens with one attached hydrogen (secondary N) is 1. The number of carbonyl (C=O) groups is 1. The van der Waals surface area contributed by atoms with Gasteiger partial charge in [0.15, 0.2) is 0 Å². The highest BCUT2D eigenvalue weighted by molar-refractivity contribution is 5.75. The predicted molar refractivity (Wildman–Crippen MR) is 74.3 cm³/mol. The summed E-state index contributed by atoms with van der Waals surface area (Å²) in [5.41, 5.74) is 0. The van der Waals surface area contributed by atoms with Gasteiger partial charge in [-0.1, -0.05) is 6.42 Å². The average molecular weight is 252 g/mol. The van der Waals surface area contributed by atoms with Crippen LogP contribution in [0.25, 0.3) is 0 Å². The van der Waals surface area contributed by atoms with E-state index in [1.165, 1.54) is 25.7 Å². The summed E-state index contributed by atoms with van der Waals surface area (Å²) < 4.78 is 0. The SMILES string of the molecule is CC(NCCCC(=O)N(C)C)C1CC2CCC1C2. The van der Waals surface area contributed by atoms with E-state index >= 15 is 0 Å². The van der Waals surface area contributed by atoms with Crippen molar-refractivity contribution in [2.45, 2.75) is 51.5 Å². The van der Waals surface area contributed by atoms with E-state index in [2.05, 4.69) is 12.2 Å². The van der Waals surface area contributed by atoms with Crippen molar-refractivity contribution in [1.29, 1.82) is 0 Å². The van der Waals surface area contributed by atoms with Crippen LogP contribution in [0.1, 0.15) is 45.4 Å². The lowest BCUT2D eigenvalue weighted by atomic mass is 9.84. The van der Waals surface area contributed by atoms with Crippen molar-refractivity contribution in [3.05, 3.63) is 0 Å². The molecule has 18 heavy (non-hydrogen) atoms. The molecular formula is C15H28N2O. The van der Waals surface area contributed by atoms with E-state index in [0.717, 1.165) is 30.7 Å². The maximum atomic E-state index is 11.4. The van der Waals surface area contributed by atoms with Gasteiger partial charge in [0.1, 0.15) is 0 Å². The van der Waals surface area contributed by atoms with E-state index in [0.29, 0.717) is 12.5 Å². The van der Waals surface area contributed by atoms with Gasteiger partial charge in [0.05, 0.1) is 0 Å². The van der Waals surface area contributed by atoms with Crippen LogP contribution in [0, 0.1) is 17.8 Å². The lowest BCUT2D eigenvalue weighted by Gasteiger charge is -2.28. The molecule has 2 fully saturated rings. The van der Waals surface area contributed by atoms with Gasteiger partial charge in [-0.3, -0.25) is 4.79 Å². The Morgan fingerprint density at radius 2 is 2.11 bits per heavy atom. The summed E-state index contributed by atoms with van der Waals surface area (Å²) in [6.45, 7) is 3.31. The van der Waals surface area contributed by atoms with E-state index in [9.17, 15) is 4.79 Å². The second-order valence-corrected chi connectivity index (χ2v) is 6.47. The Morgan fingerprint density at radius 3 is 2.67 bits per heavy atom. The monoisotopic (exact) mass is 252 g/mol. The molecule has 0 radical (unpaired) electrons. The Kier molecular flexibility index (Phi) is 4.66. The Balaban J connectivity index is 1.61. The zero-order valence-corrected chi connectivity index (χ0v) is 12.1. The second kappa shape index (κ2) is 6.05. The third-order valence-corrected chi connectivity index (χ3v) is 4.97. The van der Waals surface area contributed by atoms with E-state index in [1.807, 2.05) is 14.1 Å². The number of hydrogen-bond acceptors (Lipinski definition) is 2. The highest BCUT2D eigenvalue weighted by Gasteiger charge is 2.41. The number of rotatable bonds is 6. The minimum absolute atomic E-state index is 0.240. The van der Waals surface area contributed by atoms with Crippen LogP contribution < -0.4 is 5.32 Å². The normalized spacial score (nSPS) is 31.6. The molecule has 0 aromatic heterocycles. The van der Waals surface area contributed by atoms with Crippen LogP contribution in [0.5, 0.6) is 0 Å². The molecule has 1 amide bonds. The molecule has 0 aromatic rings. The zero-order valence-electron chi connectivity index (χ0n) is 12.1. The van der Waals surface area contributed by atoms with Crippen LogP contribution in [-0.2, 0) is 4.79 Å². The summed E-state index contributed by atoms with van der Waals surface area (Å²) in [6, 6.07) is 0.634. The van der Waals surface area contributed by atoms with Gasteiger partial charge in [0.25, 0.3) is 0 Å². The Morgan fingerprint density at radius 1 is 1.33 bits per heavy atom. The van der Waals surface area contributed by atoms with Crippen LogP contribution in [0.2, 0.25) is 0 Å². The van der Waals surface area contributed by atoms with Gasteiger partial charge in [-0.15, -0.1) is 0 Å². The molecule has 2 saturated carbocycles. The molecule has 2 bridgehead atoms. The summed E-state index contributed by atoms with van der Waals surface area (Å²) >= 11 is 0. The quantitative estimate of drug-likeness (QED) is 0.736. The van der Waals surface area contributed by atoms with E-state index in [4.69, 9.17) is 0 Å².